The van der Waals surface area contributed by atoms with E-state index in [2.05, 4.69) is 19.2 Å². The highest BCUT2D eigenvalue weighted by atomic mass is 32.1. The summed E-state index contributed by atoms with van der Waals surface area (Å²) in [5.74, 6) is 1.53. The van der Waals surface area contributed by atoms with Crippen molar-refractivity contribution < 1.29 is 0 Å². The molecule has 0 radical (unpaired) electrons. The lowest BCUT2D eigenvalue weighted by molar-refractivity contribution is 0.324. The lowest BCUT2D eigenvalue weighted by atomic mass is 9.85. The Morgan fingerprint density at radius 3 is 2.71 bits per heavy atom. The molecule has 0 amide bonds. The van der Waals surface area contributed by atoms with Gasteiger partial charge in [-0.3, -0.25) is 0 Å². The van der Waals surface area contributed by atoms with Gasteiger partial charge in [-0.05, 0) is 43.9 Å². The van der Waals surface area contributed by atoms with E-state index in [1.54, 1.807) is 0 Å². The fourth-order valence-electron chi connectivity index (χ4n) is 2.59. The summed E-state index contributed by atoms with van der Waals surface area (Å²) < 4.78 is 0. The summed E-state index contributed by atoms with van der Waals surface area (Å²) in [6.07, 6.45) is 7.28. The molecule has 1 aliphatic carbocycles. The van der Waals surface area contributed by atoms with Crippen molar-refractivity contribution >= 4 is 11.3 Å². The maximum Gasteiger partial charge on any atom is 0.0931 e. The summed E-state index contributed by atoms with van der Waals surface area (Å²) in [6.45, 7) is 4.50. The minimum Gasteiger partial charge on any atom is -0.328 e. The van der Waals surface area contributed by atoms with E-state index in [1.807, 2.05) is 11.3 Å². The second-order valence-electron chi connectivity index (χ2n) is 5.82. The number of rotatable bonds is 4. The minimum absolute atomic E-state index is 0.457. The first kappa shape index (κ1) is 13.0. The summed E-state index contributed by atoms with van der Waals surface area (Å²) in [5.41, 5.74) is 7.22. The van der Waals surface area contributed by atoms with E-state index < -0.39 is 0 Å². The Balaban J connectivity index is 1.84. The van der Waals surface area contributed by atoms with Crippen LogP contribution in [0.5, 0.6) is 0 Å². The molecule has 17 heavy (non-hydrogen) atoms. The van der Waals surface area contributed by atoms with Gasteiger partial charge in [0, 0.05) is 17.8 Å². The molecule has 0 saturated heterocycles. The van der Waals surface area contributed by atoms with Gasteiger partial charge in [-0.25, -0.2) is 4.98 Å². The van der Waals surface area contributed by atoms with E-state index in [1.165, 1.54) is 42.8 Å². The van der Waals surface area contributed by atoms with Crippen molar-refractivity contribution in [3.63, 3.8) is 0 Å². The Morgan fingerprint density at radius 1 is 1.35 bits per heavy atom. The summed E-state index contributed by atoms with van der Waals surface area (Å²) in [6, 6.07) is 0.457. The number of nitrogens with zero attached hydrogens (tertiary/aromatic N) is 1. The zero-order valence-electron chi connectivity index (χ0n) is 11.0. The Morgan fingerprint density at radius 2 is 2.06 bits per heavy atom. The largest absolute Gasteiger partial charge is 0.328 e. The third-order valence-electron chi connectivity index (χ3n) is 3.57. The summed E-state index contributed by atoms with van der Waals surface area (Å²) >= 11 is 1.84. The van der Waals surface area contributed by atoms with Crippen molar-refractivity contribution in [3.05, 3.63) is 16.1 Å². The number of aromatic nitrogens is 1. The average Bonchev–Trinajstić information content (AvgIpc) is 2.68. The van der Waals surface area contributed by atoms with Gasteiger partial charge in [0.2, 0.25) is 0 Å². The van der Waals surface area contributed by atoms with Gasteiger partial charge in [0.05, 0.1) is 10.7 Å². The molecule has 0 aromatic carbocycles. The van der Waals surface area contributed by atoms with E-state index in [-0.39, 0.29) is 0 Å². The molecule has 96 valence electrons. The van der Waals surface area contributed by atoms with E-state index in [4.69, 9.17) is 10.7 Å². The molecular formula is C14H24N2S. The lowest BCUT2D eigenvalue weighted by Crippen LogP contribution is -2.27. The van der Waals surface area contributed by atoms with Crippen LogP contribution in [0, 0.1) is 11.8 Å². The highest BCUT2D eigenvalue weighted by Gasteiger charge is 2.19. The second kappa shape index (κ2) is 5.96. The third kappa shape index (κ3) is 4.07. The summed E-state index contributed by atoms with van der Waals surface area (Å²) in [4.78, 5) is 4.75. The van der Waals surface area contributed by atoms with Gasteiger partial charge in [0.15, 0.2) is 0 Å². The maximum atomic E-state index is 5.94. The maximum absolute atomic E-state index is 5.94. The predicted octanol–water partition coefficient (Wildman–Crippen LogP) is 3.40. The van der Waals surface area contributed by atoms with Gasteiger partial charge in [-0.1, -0.05) is 13.8 Å². The van der Waals surface area contributed by atoms with E-state index in [0.29, 0.717) is 12.0 Å². The smallest absolute Gasteiger partial charge is 0.0931 e. The van der Waals surface area contributed by atoms with Crippen LogP contribution in [0.25, 0.3) is 0 Å². The summed E-state index contributed by atoms with van der Waals surface area (Å²) in [5, 5.41) is 3.57. The van der Waals surface area contributed by atoms with Gasteiger partial charge in [-0.2, -0.15) is 0 Å². The van der Waals surface area contributed by atoms with Crippen LogP contribution < -0.4 is 5.73 Å². The molecular weight excluding hydrogens is 228 g/mol. The molecule has 2 rings (SSSR count). The van der Waals surface area contributed by atoms with Gasteiger partial charge in [0.25, 0.3) is 0 Å². The van der Waals surface area contributed by atoms with E-state index in [0.717, 1.165) is 12.3 Å². The second-order valence-corrected chi connectivity index (χ2v) is 6.76. The number of hydrogen-bond acceptors (Lipinski definition) is 3. The molecule has 0 aliphatic heterocycles. The van der Waals surface area contributed by atoms with E-state index >= 15 is 0 Å². The molecule has 0 unspecified atom stereocenters. The molecule has 0 atom stereocenters. The average molecular weight is 252 g/mol. The van der Waals surface area contributed by atoms with Gasteiger partial charge >= 0.3 is 0 Å². The minimum atomic E-state index is 0.457. The van der Waals surface area contributed by atoms with Gasteiger partial charge in [-0.15, -0.1) is 11.3 Å². The molecule has 1 aliphatic rings. The molecule has 3 heteroatoms. The van der Waals surface area contributed by atoms with Crippen LogP contribution in [0.4, 0.5) is 0 Å². The van der Waals surface area contributed by atoms with Crippen molar-refractivity contribution in [1.82, 2.24) is 4.98 Å². The molecule has 1 saturated carbocycles. The van der Waals surface area contributed by atoms with Crippen molar-refractivity contribution in [3.8, 4) is 0 Å². The van der Waals surface area contributed by atoms with Crippen LogP contribution in [0.3, 0.4) is 0 Å². The Bertz CT molecular complexity index is 338. The topological polar surface area (TPSA) is 38.9 Å². The van der Waals surface area contributed by atoms with Crippen LogP contribution in [0.2, 0.25) is 0 Å². The molecule has 1 heterocycles. The van der Waals surface area contributed by atoms with Crippen molar-refractivity contribution in [2.24, 2.45) is 17.6 Å². The normalized spacial score (nSPS) is 25.4. The van der Waals surface area contributed by atoms with Gasteiger partial charge in [0.1, 0.15) is 0 Å². The fourth-order valence-corrected chi connectivity index (χ4v) is 3.52. The standard InChI is InChI=1S/C14H24N2S/c1-10(2)7-13-9-17-14(16-13)8-11-3-5-12(15)6-4-11/h9-12H,3-8,15H2,1-2H3. The number of nitrogens with two attached hydrogens (primary N) is 1. The number of thiazole rings is 1. The summed E-state index contributed by atoms with van der Waals surface area (Å²) in [7, 11) is 0. The van der Waals surface area contributed by atoms with E-state index in [9.17, 15) is 0 Å². The van der Waals surface area contributed by atoms with Gasteiger partial charge < -0.3 is 5.73 Å². The van der Waals surface area contributed by atoms with Crippen molar-refractivity contribution in [1.29, 1.82) is 0 Å². The molecule has 2 nitrogen and oxygen atoms in total. The molecule has 1 aromatic heterocycles. The quantitative estimate of drug-likeness (QED) is 0.892. The highest BCUT2D eigenvalue weighted by molar-refractivity contribution is 7.09. The molecule has 0 spiro atoms. The van der Waals surface area contributed by atoms with Crippen molar-refractivity contribution in [2.75, 3.05) is 0 Å². The Labute approximate surface area is 109 Å². The predicted molar refractivity (Wildman–Crippen MR) is 74.3 cm³/mol. The van der Waals surface area contributed by atoms with Crippen LogP contribution in [-0.2, 0) is 12.8 Å². The van der Waals surface area contributed by atoms with Crippen LogP contribution >= 0.6 is 11.3 Å². The Hall–Kier alpha value is -0.410. The first-order valence-corrected chi connectivity index (χ1v) is 7.70. The molecule has 0 bridgehead atoms. The first-order chi connectivity index (χ1) is 8.13. The van der Waals surface area contributed by atoms with Crippen LogP contribution in [0.1, 0.15) is 50.2 Å². The fraction of sp³-hybridized carbons (Fsp3) is 0.786. The zero-order chi connectivity index (χ0) is 12.3. The monoisotopic (exact) mass is 252 g/mol. The third-order valence-corrected chi connectivity index (χ3v) is 4.49. The zero-order valence-corrected chi connectivity index (χ0v) is 11.8. The molecule has 1 fully saturated rings. The van der Waals surface area contributed by atoms with Crippen LogP contribution in [-0.4, -0.2) is 11.0 Å². The first-order valence-electron chi connectivity index (χ1n) is 6.82. The SMILES string of the molecule is CC(C)Cc1csc(CC2CCC(N)CC2)n1. The Kier molecular flexibility index (Phi) is 4.57. The van der Waals surface area contributed by atoms with Crippen molar-refractivity contribution in [2.45, 2.75) is 58.4 Å². The molecule has 1 aromatic rings. The number of hydrogen-bond donors (Lipinski definition) is 1. The molecule has 2 N–H and O–H groups in total. The van der Waals surface area contributed by atoms with Crippen LogP contribution in [0.15, 0.2) is 5.38 Å². The highest BCUT2D eigenvalue weighted by Crippen LogP contribution is 2.27. The lowest BCUT2D eigenvalue weighted by Gasteiger charge is -2.25.